The van der Waals surface area contributed by atoms with E-state index >= 15 is 0 Å². The summed E-state index contributed by atoms with van der Waals surface area (Å²) in [4.78, 5) is 23.2. The quantitative estimate of drug-likeness (QED) is 0.406. The maximum Gasteiger partial charge on any atom is 0.347 e. The average Bonchev–Trinajstić information content (AvgIpc) is 2.71. The number of benzene rings is 1. The van der Waals surface area contributed by atoms with Gasteiger partial charge in [0.15, 0.2) is 0 Å². The summed E-state index contributed by atoms with van der Waals surface area (Å²) < 4.78 is 4.45. The minimum Gasteiger partial charge on any atom is -0.392 e. The summed E-state index contributed by atoms with van der Waals surface area (Å²) in [6, 6.07) is 0. The predicted molar refractivity (Wildman–Crippen MR) is 59.9 cm³/mol. The Hall–Kier alpha value is -1.80. The summed E-state index contributed by atoms with van der Waals surface area (Å²) in [5, 5.41) is 37.3. The molecule has 4 N–H and O–H groups in total. The summed E-state index contributed by atoms with van der Waals surface area (Å²) in [6.45, 7) is -2.29. The molecule has 19 heavy (non-hydrogen) atoms. The molecule has 1 aromatic rings. The number of fused-ring (bicyclic) bond motifs is 1. The molecule has 0 saturated carbocycles. The second kappa shape index (κ2) is 5.06. The van der Waals surface area contributed by atoms with Crippen molar-refractivity contribution in [1.82, 2.24) is 0 Å². The maximum atomic E-state index is 11.6. The molecule has 0 fully saturated rings. The van der Waals surface area contributed by atoms with Crippen molar-refractivity contribution >= 4 is 11.9 Å². The highest BCUT2D eigenvalue weighted by Gasteiger charge is 2.37. The third kappa shape index (κ3) is 1.83. The van der Waals surface area contributed by atoms with Gasteiger partial charge in [-0.1, -0.05) is 0 Å². The first kappa shape index (κ1) is 13.6. The second-order valence-electron chi connectivity index (χ2n) is 3.97. The predicted octanol–water partition coefficient (Wildman–Crippen LogP) is -1.03. The molecule has 0 atom stereocenters. The number of hydrogen-bond donors (Lipinski definition) is 4. The van der Waals surface area contributed by atoms with Crippen LogP contribution in [0.4, 0.5) is 0 Å². The fourth-order valence-electron chi connectivity index (χ4n) is 2.34. The van der Waals surface area contributed by atoms with Gasteiger partial charge in [-0.15, -0.1) is 0 Å². The molecule has 7 nitrogen and oxygen atoms in total. The first-order valence-corrected chi connectivity index (χ1v) is 5.50. The third-order valence-electron chi connectivity index (χ3n) is 3.17. The number of rotatable bonds is 4. The molecule has 0 unspecified atom stereocenters. The molecule has 0 amide bonds. The Balaban J connectivity index is 2.91. The molecule has 1 aromatic carbocycles. The van der Waals surface area contributed by atoms with Gasteiger partial charge in [-0.2, -0.15) is 0 Å². The molecule has 1 heterocycles. The van der Waals surface area contributed by atoms with Gasteiger partial charge in [0.25, 0.3) is 0 Å². The largest absolute Gasteiger partial charge is 0.392 e. The molecule has 0 aliphatic carbocycles. The smallest absolute Gasteiger partial charge is 0.347 e. The van der Waals surface area contributed by atoms with E-state index in [0.717, 1.165) is 0 Å². The molecule has 0 aromatic heterocycles. The van der Waals surface area contributed by atoms with Gasteiger partial charge >= 0.3 is 11.9 Å². The van der Waals surface area contributed by atoms with Gasteiger partial charge in [-0.05, 0) is 22.3 Å². The summed E-state index contributed by atoms with van der Waals surface area (Å²) in [5.41, 5.74) is 0.0127. The summed E-state index contributed by atoms with van der Waals surface area (Å²) in [6.07, 6.45) is 0. The van der Waals surface area contributed by atoms with Crippen molar-refractivity contribution in [2.24, 2.45) is 0 Å². The Kier molecular flexibility index (Phi) is 3.63. The van der Waals surface area contributed by atoms with E-state index in [4.69, 9.17) is 0 Å². The van der Waals surface area contributed by atoms with Crippen molar-refractivity contribution < 1.29 is 34.8 Å². The highest BCUT2D eigenvalue weighted by atomic mass is 16.6. The molecular formula is C12H12O7. The summed E-state index contributed by atoms with van der Waals surface area (Å²) in [7, 11) is 0. The van der Waals surface area contributed by atoms with Gasteiger partial charge < -0.3 is 25.2 Å². The average molecular weight is 268 g/mol. The monoisotopic (exact) mass is 268 g/mol. The van der Waals surface area contributed by atoms with Crippen LogP contribution in [0.5, 0.6) is 0 Å². The second-order valence-corrected chi connectivity index (χ2v) is 3.97. The number of hydrogen-bond acceptors (Lipinski definition) is 7. The zero-order valence-corrected chi connectivity index (χ0v) is 9.84. The van der Waals surface area contributed by atoms with E-state index < -0.39 is 38.4 Å². The van der Waals surface area contributed by atoms with Crippen LogP contribution in [0.3, 0.4) is 0 Å². The van der Waals surface area contributed by atoms with E-state index in [1.54, 1.807) is 0 Å². The Bertz CT molecular complexity index is 513. The minimum atomic E-state index is -0.932. The van der Waals surface area contributed by atoms with Crippen LogP contribution in [-0.2, 0) is 31.2 Å². The third-order valence-corrected chi connectivity index (χ3v) is 3.17. The van der Waals surface area contributed by atoms with Crippen molar-refractivity contribution in [2.45, 2.75) is 26.4 Å². The number of cyclic esters (lactones) is 2. The number of ether oxygens (including phenoxy) is 1. The van der Waals surface area contributed by atoms with Gasteiger partial charge in [0.2, 0.25) is 0 Å². The molecule has 102 valence electrons. The van der Waals surface area contributed by atoms with Crippen molar-refractivity contribution in [3.63, 3.8) is 0 Å². The molecular weight excluding hydrogens is 256 g/mol. The van der Waals surface area contributed by atoms with E-state index in [1.165, 1.54) is 0 Å². The van der Waals surface area contributed by atoms with Crippen LogP contribution in [0.15, 0.2) is 0 Å². The Morgan fingerprint density at radius 1 is 0.632 bits per heavy atom. The Morgan fingerprint density at radius 2 is 0.947 bits per heavy atom. The molecule has 7 heteroatoms. The van der Waals surface area contributed by atoms with E-state index in [-0.39, 0.29) is 33.4 Å². The van der Waals surface area contributed by atoms with Gasteiger partial charge in [-0.25, -0.2) is 9.59 Å². The van der Waals surface area contributed by atoms with Crippen molar-refractivity contribution in [1.29, 1.82) is 0 Å². The van der Waals surface area contributed by atoms with E-state index in [1.807, 2.05) is 0 Å². The molecule has 0 spiro atoms. The number of aliphatic hydroxyl groups is 4. The van der Waals surface area contributed by atoms with Gasteiger partial charge in [0.05, 0.1) is 37.6 Å². The fourth-order valence-corrected chi connectivity index (χ4v) is 2.34. The Labute approximate surface area is 107 Å². The lowest BCUT2D eigenvalue weighted by molar-refractivity contribution is 0.0441. The lowest BCUT2D eigenvalue weighted by Crippen LogP contribution is -2.13. The first-order valence-electron chi connectivity index (χ1n) is 5.50. The molecule has 1 aliphatic heterocycles. The van der Waals surface area contributed by atoms with Crippen LogP contribution in [0, 0.1) is 0 Å². The van der Waals surface area contributed by atoms with Gasteiger partial charge in [0.1, 0.15) is 0 Å². The van der Waals surface area contributed by atoms with E-state index in [0.29, 0.717) is 0 Å². The van der Waals surface area contributed by atoms with Gasteiger partial charge in [-0.3, -0.25) is 0 Å². The molecule has 0 bridgehead atoms. The number of aliphatic hydroxyl groups excluding tert-OH is 4. The fraction of sp³-hybridized carbons (Fsp3) is 0.333. The molecule has 0 saturated heterocycles. The van der Waals surface area contributed by atoms with E-state index in [2.05, 4.69) is 4.74 Å². The zero-order valence-electron chi connectivity index (χ0n) is 9.84. The van der Waals surface area contributed by atoms with Crippen LogP contribution in [0.2, 0.25) is 0 Å². The van der Waals surface area contributed by atoms with Crippen LogP contribution in [0.25, 0.3) is 0 Å². The highest BCUT2D eigenvalue weighted by Crippen LogP contribution is 2.34. The van der Waals surface area contributed by atoms with Crippen molar-refractivity contribution in [2.75, 3.05) is 0 Å². The SMILES string of the molecule is O=C1OC(=O)c2c(CO)c(CO)c(CO)c(CO)c21. The van der Waals surface area contributed by atoms with Crippen molar-refractivity contribution in [3.05, 3.63) is 33.4 Å². The summed E-state index contributed by atoms with van der Waals surface area (Å²) >= 11 is 0. The first-order chi connectivity index (χ1) is 9.10. The Morgan fingerprint density at radius 3 is 1.21 bits per heavy atom. The molecule has 0 radical (unpaired) electrons. The molecule has 1 aliphatic rings. The van der Waals surface area contributed by atoms with Gasteiger partial charge in [0, 0.05) is 0 Å². The number of carbonyl (C=O) groups is 2. The zero-order chi connectivity index (χ0) is 14.2. The van der Waals surface area contributed by atoms with Crippen LogP contribution >= 0.6 is 0 Å². The standard InChI is InChI=1S/C12H12O7/c13-1-5-6(2-14)8(4-16)10-9(7(5)3-15)11(17)19-12(10)18/h13-16H,1-4H2. The van der Waals surface area contributed by atoms with Crippen molar-refractivity contribution in [3.8, 4) is 0 Å². The number of carbonyl (C=O) groups excluding carboxylic acids is 2. The van der Waals surface area contributed by atoms with E-state index in [9.17, 15) is 30.0 Å². The summed E-state index contributed by atoms with van der Waals surface area (Å²) in [5.74, 6) is -1.86. The number of esters is 2. The minimum absolute atomic E-state index is 0.0367. The normalized spacial score (nSPS) is 13.7. The lowest BCUT2D eigenvalue weighted by atomic mass is 9.88. The van der Waals surface area contributed by atoms with Crippen LogP contribution in [-0.4, -0.2) is 32.4 Å². The molecule has 2 rings (SSSR count). The lowest BCUT2D eigenvalue weighted by Gasteiger charge is -2.17. The van der Waals surface area contributed by atoms with Crippen LogP contribution < -0.4 is 0 Å². The topological polar surface area (TPSA) is 124 Å². The van der Waals surface area contributed by atoms with Crippen LogP contribution in [0.1, 0.15) is 43.0 Å². The maximum absolute atomic E-state index is 11.6. The highest BCUT2D eigenvalue weighted by molar-refractivity contribution is 6.16.